The van der Waals surface area contributed by atoms with Crippen molar-refractivity contribution in [3.8, 4) is 0 Å². The standard InChI is InChI=1S/C13H27IO/c1-10(7-11(14)15)8-13(5,6)9-12(2,3)4/h10-11,15H,7-9H2,1-6H3. The summed E-state index contributed by atoms with van der Waals surface area (Å²) in [6.07, 6.45) is 3.35. The summed E-state index contributed by atoms with van der Waals surface area (Å²) in [5.74, 6) is 0.606. The van der Waals surface area contributed by atoms with Crippen LogP contribution in [-0.4, -0.2) is 9.22 Å². The number of halogens is 1. The molecule has 15 heavy (non-hydrogen) atoms. The lowest BCUT2D eigenvalue weighted by molar-refractivity contribution is 0.156. The molecule has 1 N–H and O–H groups in total. The molecule has 0 spiro atoms. The van der Waals surface area contributed by atoms with Gasteiger partial charge in [0.1, 0.15) is 4.11 Å². The van der Waals surface area contributed by atoms with E-state index in [1.807, 2.05) is 0 Å². The zero-order chi connectivity index (χ0) is 12.3. The molecule has 2 heteroatoms. The topological polar surface area (TPSA) is 20.2 Å². The number of hydrogen-bond acceptors (Lipinski definition) is 1. The van der Waals surface area contributed by atoms with Crippen LogP contribution in [0.2, 0.25) is 0 Å². The summed E-state index contributed by atoms with van der Waals surface area (Å²) in [5, 5.41) is 9.34. The molecule has 92 valence electrons. The van der Waals surface area contributed by atoms with Crippen LogP contribution in [-0.2, 0) is 0 Å². The lowest BCUT2D eigenvalue weighted by Gasteiger charge is -2.34. The molecule has 0 saturated heterocycles. The third kappa shape index (κ3) is 9.61. The maximum atomic E-state index is 9.34. The molecule has 2 atom stereocenters. The lowest BCUT2D eigenvalue weighted by Crippen LogP contribution is -2.23. The normalized spacial score (nSPS) is 17.6. The quantitative estimate of drug-likeness (QED) is 0.577. The Balaban J connectivity index is 4.13. The summed E-state index contributed by atoms with van der Waals surface area (Å²) in [5.41, 5.74) is 0.773. The van der Waals surface area contributed by atoms with E-state index in [2.05, 4.69) is 64.1 Å². The number of alkyl halides is 1. The Morgan fingerprint density at radius 2 is 1.60 bits per heavy atom. The first-order valence-electron chi connectivity index (χ1n) is 5.84. The third-order valence-electron chi connectivity index (χ3n) is 2.51. The van der Waals surface area contributed by atoms with E-state index in [9.17, 15) is 5.11 Å². The minimum atomic E-state index is -0.192. The molecule has 0 heterocycles. The van der Waals surface area contributed by atoms with Crippen molar-refractivity contribution in [2.75, 3.05) is 0 Å². The zero-order valence-corrected chi connectivity index (χ0v) is 13.3. The molecule has 0 aromatic carbocycles. The Morgan fingerprint density at radius 1 is 1.13 bits per heavy atom. The fourth-order valence-corrected chi connectivity index (χ4v) is 3.73. The fourth-order valence-electron chi connectivity index (χ4n) is 2.87. The van der Waals surface area contributed by atoms with Gasteiger partial charge in [-0.15, -0.1) is 0 Å². The van der Waals surface area contributed by atoms with Crippen molar-refractivity contribution in [2.45, 2.75) is 64.9 Å². The second kappa shape index (κ2) is 5.85. The van der Waals surface area contributed by atoms with Crippen LogP contribution in [0.4, 0.5) is 0 Å². The average molecular weight is 326 g/mol. The van der Waals surface area contributed by atoms with E-state index in [0.29, 0.717) is 16.7 Å². The minimum absolute atomic E-state index is 0.192. The van der Waals surface area contributed by atoms with Crippen LogP contribution >= 0.6 is 22.6 Å². The highest BCUT2D eigenvalue weighted by atomic mass is 127. The van der Waals surface area contributed by atoms with Crippen molar-refractivity contribution in [2.24, 2.45) is 16.7 Å². The van der Waals surface area contributed by atoms with E-state index < -0.39 is 0 Å². The van der Waals surface area contributed by atoms with Crippen molar-refractivity contribution in [3.63, 3.8) is 0 Å². The van der Waals surface area contributed by atoms with Crippen molar-refractivity contribution >= 4 is 22.6 Å². The van der Waals surface area contributed by atoms with Crippen molar-refractivity contribution in [3.05, 3.63) is 0 Å². The van der Waals surface area contributed by atoms with Crippen LogP contribution < -0.4 is 0 Å². The highest BCUT2D eigenvalue weighted by Gasteiger charge is 2.27. The smallest absolute Gasteiger partial charge is 0.105 e. The average Bonchev–Trinajstić information content (AvgIpc) is 1.73. The first-order chi connectivity index (χ1) is 6.52. The zero-order valence-electron chi connectivity index (χ0n) is 11.1. The van der Waals surface area contributed by atoms with Crippen LogP contribution in [0.25, 0.3) is 0 Å². The van der Waals surface area contributed by atoms with Gasteiger partial charge in [-0.2, -0.15) is 0 Å². The predicted molar refractivity (Wildman–Crippen MR) is 76.3 cm³/mol. The fraction of sp³-hybridized carbons (Fsp3) is 1.00. The van der Waals surface area contributed by atoms with Gasteiger partial charge in [-0.25, -0.2) is 0 Å². The molecule has 0 aliphatic carbocycles. The van der Waals surface area contributed by atoms with Crippen LogP contribution in [0.1, 0.15) is 60.8 Å². The Hall–Kier alpha value is 0.690. The van der Waals surface area contributed by atoms with Gasteiger partial charge < -0.3 is 5.11 Å². The molecule has 0 rings (SSSR count). The highest BCUT2D eigenvalue weighted by molar-refractivity contribution is 14.1. The van der Waals surface area contributed by atoms with E-state index in [1.54, 1.807) is 0 Å². The first-order valence-corrected chi connectivity index (χ1v) is 7.08. The molecule has 1 nitrogen and oxygen atoms in total. The van der Waals surface area contributed by atoms with Crippen LogP contribution in [0.3, 0.4) is 0 Å². The third-order valence-corrected chi connectivity index (χ3v) is 3.02. The Labute approximate surface area is 109 Å². The van der Waals surface area contributed by atoms with Crippen molar-refractivity contribution in [1.29, 1.82) is 0 Å². The second-order valence-electron chi connectivity index (χ2n) is 6.88. The van der Waals surface area contributed by atoms with Gasteiger partial charge in [0.05, 0.1) is 0 Å². The molecule has 0 saturated carbocycles. The molecule has 0 bridgehead atoms. The highest BCUT2D eigenvalue weighted by Crippen LogP contribution is 2.38. The summed E-state index contributed by atoms with van der Waals surface area (Å²) >= 11 is 2.09. The first kappa shape index (κ1) is 15.7. The molecule has 2 unspecified atom stereocenters. The summed E-state index contributed by atoms with van der Waals surface area (Å²) in [6, 6.07) is 0. The number of aliphatic hydroxyl groups is 1. The van der Waals surface area contributed by atoms with Crippen LogP contribution in [0.15, 0.2) is 0 Å². The molecule has 0 amide bonds. The van der Waals surface area contributed by atoms with E-state index in [4.69, 9.17) is 0 Å². The molecule has 0 aliphatic rings. The van der Waals surface area contributed by atoms with Crippen LogP contribution in [0.5, 0.6) is 0 Å². The summed E-state index contributed by atoms with van der Waals surface area (Å²) < 4.78 is -0.192. The van der Waals surface area contributed by atoms with Crippen molar-refractivity contribution in [1.82, 2.24) is 0 Å². The number of hydrogen-bond donors (Lipinski definition) is 1. The number of aliphatic hydroxyl groups excluding tert-OH is 1. The van der Waals surface area contributed by atoms with Gasteiger partial charge in [0.25, 0.3) is 0 Å². The Morgan fingerprint density at radius 3 is 1.93 bits per heavy atom. The summed E-state index contributed by atoms with van der Waals surface area (Å²) in [4.78, 5) is 0. The molecule has 0 aliphatic heterocycles. The maximum Gasteiger partial charge on any atom is 0.105 e. The molecule has 0 fully saturated rings. The van der Waals surface area contributed by atoms with Gasteiger partial charge in [-0.05, 0) is 36.0 Å². The number of rotatable bonds is 5. The molecule has 0 radical (unpaired) electrons. The van der Waals surface area contributed by atoms with Gasteiger partial charge in [0, 0.05) is 0 Å². The lowest BCUT2D eigenvalue weighted by atomic mass is 9.72. The largest absolute Gasteiger partial charge is 0.383 e. The van der Waals surface area contributed by atoms with Crippen molar-refractivity contribution < 1.29 is 5.11 Å². The van der Waals surface area contributed by atoms with Crippen LogP contribution in [0, 0.1) is 16.7 Å². The van der Waals surface area contributed by atoms with Gasteiger partial charge in [-0.1, -0.05) is 64.1 Å². The second-order valence-corrected chi connectivity index (χ2v) is 8.32. The molecule has 0 aromatic rings. The van der Waals surface area contributed by atoms with E-state index >= 15 is 0 Å². The molecular weight excluding hydrogens is 299 g/mol. The van der Waals surface area contributed by atoms with E-state index in [-0.39, 0.29) is 4.11 Å². The summed E-state index contributed by atoms with van der Waals surface area (Å²) in [6.45, 7) is 13.8. The Bertz CT molecular complexity index is 179. The monoisotopic (exact) mass is 326 g/mol. The molecule has 0 aromatic heterocycles. The predicted octanol–water partition coefficient (Wildman–Crippen LogP) is 4.62. The van der Waals surface area contributed by atoms with Gasteiger partial charge >= 0.3 is 0 Å². The maximum absolute atomic E-state index is 9.34. The SMILES string of the molecule is CC(CC(O)I)CC(C)(C)CC(C)(C)C. The Kier molecular flexibility index (Phi) is 6.12. The van der Waals surface area contributed by atoms with Gasteiger partial charge in [0.15, 0.2) is 0 Å². The van der Waals surface area contributed by atoms with Gasteiger partial charge in [-0.3, -0.25) is 0 Å². The summed E-state index contributed by atoms with van der Waals surface area (Å²) in [7, 11) is 0. The molecular formula is C13H27IO. The van der Waals surface area contributed by atoms with Gasteiger partial charge in [0.2, 0.25) is 0 Å². The van der Waals surface area contributed by atoms with E-state index in [0.717, 1.165) is 6.42 Å². The van der Waals surface area contributed by atoms with E-state index in [1.165, 1.54) is 12.8 Å². The minimum Gasteiger partial charge on any atom is -0.383 e.